The van der Waals surface area contributed by atoms with Gasteiger partial charge in [0.05, 0.1) is 0 Å². The van der Waals surface area contributed by atoms with Crippen molar-refractivity contribution in [1.29, 1.82) is 0 Å². The summed E-state index contributed by atoms with van der Waals surface area (Å²) >= 11 is 1.47. The van der Waals surface area contributed by atoms with Crippen molar-refractivity contribution in [2.45, 2.75) is 30.6 Å². The lowest BCUT2D eigenvalue weighted by atomic mass is 10.2. The minimum Gasteiger partial charge on any atom is -0.206 e. The number of aryl methyl sites for hydroxylation is 1. The third-order valence-electron chi connectivity index (χ3n) is 2.15. The second kappa shape index (κ2) is 7.13. The maximum Gasteiger partial charge on any atom is 0.137 e. The molecular weight excluding hydrogens is 231 g/mol. The highest BCUT2D eigenvalue weighted by molar-refractivity contribution is 7.99. The summed E-state index contributed by atoms with van der Waals surface area (Å²) in [6.45, 7) is 6.03. The van der Waals surface area contributed by atoms with Gasteiger partial charge in [-0.15, -0.1) is 0 Å². The summed E-state index contributed by atoms with van der Waals surface area (Å²) in [4.78, 5) is 1.77. The van der Waals surface area contributed by atoms with Crippen molar-refractivity contribution in [1.82, 2.24) is 0 Å². The van der Waals surface area contributed by atoms with E-state index in [1.165, 1.54) is 23.4 Å². The van der Waals surface area contributed by atoms with Gasteiger partial charge in [-0.05, 0) is 30.7 Å². The molecule has 0 unspecified atom stereocenters. The lowest BCUT2D eigenvalue weighted by Crippen LogP contribution is -1.82. The van der Waals surface area contributed by atoms with Gasteiger partial charge in [0, 0.05) is 9.79 Å². The number of halogens is 1. The van der Waals surface area contributed by atoms with Gasteiger partial charge in [-0.2, -0.15) is 0 Å². The average Bonchev–Trinajstić information content (AvgIpc) is 2.37. The molecule has 0 fully saturated rings. The zero-order chi connectivity index (χ0) is 12.7. The van der Waals surface area contributed by atoms with Crippen molar-refractivity contribution in [2.24, 2.45) is 0 Å². The highest BCUT2D eigenvalue weighted by Gasteiger charge is 2.04. The standard InChI is InChI=1S/C13H11FS.C2H6/c1-10-6-2-4-8-12(10)15-13-9-5-3-7-11(13)14;1-2/h2-9H,1H3;1-2H3. The number of benzene rings is 2. The molecule has 0 aliphatic heterocycles. The van der Waals surface area contributed by atoms with E-state index in [-0.39, 0.29) is 5.82 Å². The molecule has 0 atom stereocenters. The molecule has 2 rings (SSSR count). The Morgan fingerprint density at radius 1 is 0.824 bits per heavy atom. The highest BCUT2D eigenvalue weighted by atomic mass is 32.2. The first kappa shape index (κ1) is 13.8. The fourth-order valence-corrected chi connectivity index (χ4v) is 2.24. The molecule has 0 bridgehead atoms. The van der Waals surface area contributed by atoms with Crippen LogP contribution in [0.5, 0.6) is 0 Å². The lowest BCUT2D eigenvalue weighted by Gasteiger charge is -2.05. The van der Waals surface area contributed by atoms with Crippen LogP contribution in [0, 0.1) is 12.7 Å². The Labute approximate surface area is 107 Å². The normalized spacial score (nSPS) is 9.41. The molecule has 2 aromatic rings. The molecular formula is C15H17FS. The summed E-state index contributed by atoms with van der Waals surface area (Å²) in [5.74, 6) is -0.161. The van der Waals surface area contributed by atoms with Gasteiger partial charge in [-0.3, -0.25) is 0 Å². The first-order valence-electron chi connectivity index (χ1n) is 5.75. The quantitative estimate of drug-likeness (QED) is 0.694. The van der Waals surface area contributed by atoms with Crippen LogP contribution in [0.3, 0.4) is 0 Å². The van der Waals surface area contributed by atoms with E-state index in [2.05, 4.69) is 0 Å². The zero-order valence-electron chi connectivity index (χ0n) is 10.4. The second-order valence-electron chi connectivity index (χ2n) is 3.30. The van der Waals surface area contributed by atoms with Gasteiger partial charge in [0.25, 0.3) is 0 Å². The van der Waals surface area contributed by atoms with Crippen LogP contribution < -0.4 is 0 Å². The van der Waals surface area contributed by atoms with Gasteiger partial charge in [0.15, 0.2) is 0 Å². The van der Waals surface area contributed by atoms with Gasteiger partial charge < -0.3 is 0 Å². The van der Waals surface area contributed by atoms with E-state index in [1.54, 1.807) is 12.1 Å². The first-order valence-corrected chi connectivity index (χ1v) is 6.57. The van der Waals surface area contributed by atoms with E-state index in [0.717, 1.165) is 4.90 Å². The smallest absolute Gasteiger partial charge is 0.137 e. The molecule has 0 heterocycles. The van der Waals surface area contributed by atoms with Crippen molar-refractivity contribution in [3.05, 3.63) is 59.9 Å². The Hall–Kier alpha value is -1.28. The fraction of sp³-hybridized carbons (Fsp3) is 0.200. The van der Waals surface area contributed by atoms with Crippen LogP contribution in [0.4, 0.5) is 4.39 Å². The minimum absolute atomic E-state index is 0.161. The van der Waals surface area contributed by atoms with Crippen molar-refractivity contribution in [2.75, 3.05) is 0 Å². The lowest BCUT2D eigenvalue weighted by molar-refractivity contribution is 0.602. The Balaban J connectivity index is 0.000000686. The molecule has 0 spiro atoms. The SMILES string of the molecule is CC.Cc1ccccc1Sc1ccccc1F. The van der Waals surface area contributed by atoms with Crippen molar-refractivity contribution in [3.63, 3.8) is 0 Å². The summed E-state index contributed by atoms with van der Waals surface area (Å²) in [7, 11) is 0. The third kappa shape index (κ3) is 3.90. The van der Waals surface area contributed by atoms with Crippen LogP contribution in [-0.4, -0.2) is 0 Å². The van der Waals surface area contributed by atoms with Gasteiger partial charge >= 0.3 is 0 Å². The molecule has 2 heteroatoms. The topological polar surface area (TPSA) is 0 Å². The third-order valence-corrected chi connectivity index (χ3v) is 3.38. The Morgan fingerprint density at radius 2 is 1.35 bits per heavy atom. The average molecular weight is 248 g/mol. The van der Waals surface area contributed by atoms with Crippen molar-refractivity contribution in [3.8, 4) is 0 Å². The largest absolute Gasteiger partial charge is 0.206 e. The van der Waals surface area contributed by atoms with E-state index in [1.807, 2.05) is 51.1 Å². The summed E-state index contributed by atoms with van der Waals surface area (Å²) < 4.78 is 13.4. The van der Waals surface area contributed by atoms with Crippen LogP contribution in [0.15, 0.2) is 58.3 Å². The molecule has 0 nitrogen and oxygen atoms in total. The van der Waals surface area contributed by atoms with Gasteiger partial charge in [0.1, 0.15) is 5.82 Å². The van der Waals surface area contributed by atoms with E-state index in [9.17, 15) is 4.39 Å². The van der Waals surface area contributed by atoms with E-state index in [4.69, 9.17) is 0 Å². The van der Waals surface area contributed by atoms with Crippen LogP contribution in [-0.2, 0) is 0 Å². The molecule has 0 aliphatic rings. The summed E-state index contributed by atoms with van der Waals surface area (Å²) in [6, 6.07) is 14.8. The molecule has 2 aromatic carbocycles. The van der Waals surface area contributed by atoms with Crippen molar-refractivity contribution < 1.29 is 4.39 Å². The van der Waals surface area contributed by atoms with E-state index >= 15 is 0 Å². The Kier molecular flexibility index (Phi) is 5.78. The zero-order valence-corrected chi connectivity index (χ0v) is 11.2. The van der Waals surface area contributed by atoms with E-state index in [0.29, 0.717) is 4.90 Å². The van der Waals surface area contributed by atoms with Crippen LogP contribution in [0.2, 0.25) is 0 Å². The van der Waals surface area contributed by atoms with Crippen LogP contribution in [0.25, 0.3) is 0 Å². The number of hydrogen-bond donors (Lipinski definition) is 0. The maximum absolute atomic E-state index is 13.4. The molecule has 0 aromatic heterocycles. The molecule has 0 amide bonds. The molecule has 90 valence electrons. The second-order valence-corrected chi connectivity index (χ2v) is 4.38. The first-order chi connectivity index (χ1) is 8.27. The molecule has 0 aliphatic carbocycles. The van der Waals surface area contributed by atoms with E-state index < -0.39 is 0 Å². The monoisotopic (exact) mass is 248 g/mol. The Bertz CT molecular complexity index is 422. The molecule has 0 radical (unpaired) electrons. The summed E-state index contributed by atoms with van der Waals surface area (Å²) in [5, 5.41) is 0. The Morgan fingerprint density at radius 3 is 1.94 bits per heavy atom. The van der Waals surface area contributed by atoms with Crippen molar-refractivity contribution >= 4 is 11.8 Å². The maximum atomic E-state index is 13.4. The van der Waals surface area contributed by atoms with Gasteiger partial charge in [-0.1, -0.05) is 55.9 Å². The molecule has 17 heavy (non-hydrogen) atoms. The number of rotatable bonds is 2. The fourth-order valence-electron chi connectivity index (χ4n) is 1.32. The molecule has 0 N–H and O–H groups in total. The predicted octanol–water partition coefficient (Wildman–Crippen LogP) is 5.31. The molecule has 0 saturated carbocycles. The van der Waals surface area contributed by atoms with Gasteiger partial charge in [0.2, 0.25) is 0 Å². The number of hydrogen-bond acceptors (Lipinski definition) is 1. The van der Waals surface area contributed by atoms with Gasteiger partial charge in [-0.25, -0.2) is 4.39 Å². The predicted molar refractivity (Wildman–Crippen MR) is 73.1 cm³/mol. The molecule has 0 saturated heterocycles. The van der Waals surface area contributed by atoms with Crippen LogP contribution >= 0.6 is 11.8 Å². The summed E-state index contributed by atoms with van der Waals surface area (Å²) in [6.07, 6.45) is 0. The summed E-state index contributed by atoms with van der Waals surface area (Å²) in [5.41, 5.74) is 1.17. The minimum atomic E-state index is -0.161. The highest BCUT2D eigenvalue weighted by Crippen LogP contribution is 2.31. The van der Waals surface area contributed by atoms with Crippen LogP contribution in [0.1, 0.15) is 19.4 Å².